The zero-order valence-electron chi connectivity index (χ0n) is 12.2. The number of nitrogens with one attached hydrogen (secondary N) is 1. The second-order valence-corrected chi connectivity index (χ2v) is 6.39. The fourth-order valence-electron chi connectivity index (χ4n) is 2.81. The minimum atomic E-state index is -0.371. The van der Waals surface area contributed by atoms with Gasteiger partial charge >= 0.3 is 0 Å². The Morgan fingerprint density at radius 2 is 1.84 bits per heavy atom. The first-order valence-electron chi connectivity index (χ1n) is 6.41. The Labute approximate surface area is 113 Å². The summed E-state index contributed by atoms with van der Waals surface area (Å²) < 4.78 is 5.97. The molecule has 6 heteroatoms. The minimum Gasteiger partial charge on any atom is -0.382 e. The van der Waals surface area contributed by atoms with Gasteiger partial charge in [0.15, 0.2) is 5.82 Å². The lowest BCUT2D eigenvalue weighted by molar-refractivity contribution is -0.171. The molecule has 0 spiro atoms. The van der Waals surface area contributed by atoms with E-state index in [1.807, 2.05) is 27.7 Å². The average molecular weight is 266 g/mol. The van der Waals surface area contributed by atoms with E-state index in [0.29, 0.717) is 24.3 Å². The Morgan fingerprint density at radius 3 is 2.26 bits per heavy atom. The van der Waals surface area contributed by atoms with Crippen molar-refractivity contribution in [3.05, 3.63) is 11.3 Å². The molecule has 0 radical (unpaired) electrons. The molecule has 0 aliphatic carbocycles. The highest BCUT2D eigenvalue weighted by Crippen LogP contribution is 2.29. The highest BCUT2D eigenvalue weighted by atomic mass is 16.5. The van der Waals surface area contributed by atoms with Crippen LogP contribution in [0.2, 0.25) is 0 Å². The molecule has 1 amide bonds. The van der Waals surface area contributed by atoms with Crippen LogP contribution in [0.4, 0.5) is 5.82 Å². The van der Waals surface area contributed by atoms with Gasteiger partial charge in [0.05, 0.1) is 11.2 Å². The normalized spacial score (nSPS) is 21.4. The minimum absolute atomic E-state index is 0.0896. The fourth-order valence-corrected chi connectivity index (χ4v) is 2.81. The molecule has 1 aliphatic heterocycles. The lowest BCUT2D eigenvalue weighted by Gasteiger charge is -2.47. The van der Waals surface area contributed by atoms with Gasteiger partial charge in [0.25, 0.3) is 5.91 Å². The largest absolute Gasteiger partial charge is 0.382 e. The van der Waals surface area contributed by atoms with Crippen LogP contribution in [0.1, 0.15) is 43.7 Å². The van der Waals surface area contributed by atoms with Gasteiger partial charge < -0.3 is 15.4 Å². The molecule has 2 heterocycles. The van der Waals surface area contributed by atoms with Crippen LogP contribution in [0.15, 0.2) is 0 Å². The zero-order chi connectivity index (χ0) is 14.4. The summed E-state index contributed by atoms with van der Waals surface area (Å²) in [5.41, 5.74) is 6.19. The topological polar surface area (TPSA) is 84.2 Å². The predicted octanol–water partition coefficient (Wildman–Crippen LogP) is 1.33. The molecule has 6 nitrogen and oxygen atoms in total. The van der Waals surface area contributed by atoms with Crippen LogP contribution in [0.25, 0.3) is 0 Å². The fraction of sp³-hybridized carbons (Fsp3) is 0.692. The molecule has 1 aromatic rings. The number of anilines is 1. The van der Waals surface area contributed by atoms with Crippen LogP contribution in [0, 0.1) is 6.92 Å². The van der Waals surface area contributed by atoms with Gasteiger partial charge in [-0.3, -0.25) is 9.89 Å². The van der Waals surface area contributed by atoms with Crippen LogP contribution in [-0.4, -0.2) is 45.3 Å². The van der Waals surface area contributed by atoms with Gasteiger partial charge in [-0.2, -0.15) is 5.10 Å². The number of hydrogen-bond donors (Lipinski definition) is 2. The van der Waals surface area contributed by atoms with Gasteiger partial charge in [0.2, 0.25) is 0 Å². The summed E-state index contributed by atoms with van der Waals surface area (Å²) in [6.45, 7) is 10.8. The van der Waals surface area contributed by atoms with Gasteiger partial charge in [0.1, 0.15) is 5.56 Å². The van der Waals surface area contributed by atoms with Crippen molar-refractivity contribution in [1.82, 2.24) is 15.1 Å². The Kier molecular flexibility index (Phi) is 3.09. The summed E-state index contributed by atoms with van der Waals surface area (Å²) in [7, 11) is 0. The van der Waals surface area contributed by atoms with Gasteiger partial charge in [-0.05, 0) is 34.6 Å². The summed E-state index contributed by atoms with van der Waals surface area (Å²) in [5.74, 6) is 0.165. The molecule has 0 aromatic carbocycles. The number of aromatic nitrogens is 2. The molecule has 1 aliphatic rings. The monoisotopic (exact) mass is 266 g/mol. The molecule has 0 saturated carbocycles. The summed E-state index contributed by atoms with van der Waals surface area (Å²) in [4.78, 5) is 14.4. The molecule has 0 atom stereocenters. The number of morpholine rings is 1. The Hall–Kier alpha value is -1.56. The molecular formula is C13H22N4O2. The Bertz CT molecular complexity index is 469. The van der Waals surface area contributed by atoms with Crippen molar-refractivity contribution in [2.24, 2.45) is 0 Å². The summed E-state index contributed by atoms with van der Waals surface area (Å²) in [6, 6.07) is 0. The van der Waals surface area contributed by atoms with Crippen LogP contribution in [0.3, 0.4) is 0 Å². The number of nitrogens with zero attached hydrogens (tertiary/aromatic N) is 2. The van der Waals surface area contributed by atoms with Crippen molar-refractivity contribution in [1.29, 1.82) is 0 Å². The number of aromatic amines is 1. The van der Waals surface area contributed by atoms with E-state index in [9.17, 15) is 4.79 Å². The van der Waals surface area contributed by atoms with E-state index in [2.05, 4.69) is 10.2 Å². The lowest BCUT2D eigenvalue weighted by Crippen LogP contribution is -2.58. The number of ether oxygens (including phenoxy) is 1. The lowest BCUT2D eigenvalue weighted by atomic mass is 9.98. The van der Waals surface area contributed by atoms with Crippen LogP contribution >= 0.6 is 0 Å². The van der Waals surface area contributed by atoms with Crippen molar-refractivity contribution in [3.63, 3.8) is 0 Å². The molecule has 3 N–H and O–H groups in total. The van der Waals surface area contributed by atoms with E-state index < -0.39 is 0 Å². The van der Waals surface area contributed by atoms with Crippen molar-refractivity contribution in [3.8, 4) is 0 Å². The van der Waals surface area contributed by atoms with Gasteiger partial charge in [-0.25, -0.2) is 0 Å². The van der Waals surface area contributed by atoms with E-state index in [1.54, 1.807) is 11.8 Å². The highest BCUT2D eigenvalue weighted by molar-refractivity contribution is 5.99. The SMILES string of the molecule is Cc1[nH]nc(N)c1C(=O)N1CC(C)(C)OC(C)(C)C1. The van der Waals surface area contributed by atoms with Crippen LogP contribution < -0.4 is 5.73 Å². The third-order valence-corrected chi connectivity index (χ3v) is 3.17. The third-order valence-electron chi connectivity index (χ3n) is 3.17. The Morgan fingerprint density at radius 1 is 1.32 bits per heavy atom. The summed E-state index contributed by atoms with van der Waals surface area (Å²) in [5, 5.41) is 6.62. The second kappa shape index (κ2) is 4.23. The van der Waals surface area contributed by atoms with Gasteiger partial charge in [0, 0.05) is 18.8 Å². The number of carbonyl (C=O) groups excluding carboxylic acids is 1. The molecule has 2 rings (SSSR count). The van der Waals surface area contributed by atoms with E-state index in [4.69, 9.17) is 10.5 Å². The van der Waals surface area contributed by atoms with Gasteiger partial charge in [-0.1, -0.05) is 0 Å². The van der Waals surface area contributed by atoms with E-state index in [-0.39, 0.29) is 22.9 Å². The first-order valence-corrected chi connectivity index (χ1v) is 6.41. The molecule has 19 heavy (non-hydrogen) atoms. The molecular weight excluding hydrogens is 244 g/mol. The average Bonchev–Trinajstić information content (AvgIpc) is 2.53. The second-order valence-electron chi connectivity index (χ2n) is 6.39. The van der Waals surface area contributed by atoms with E-state index in [1.165, 1.54) is 0 Å². The molecule has 1 fully saturated rings. The third kappa shape index (κ3) is 2.73. The van der Waals surface area contributed by atoms with Crippen LogP contribution in [-0.2, 0) is 4.74 Å². The number of nitrogen functional groups attached to an aromatic ring is 1. The number of carbonyl (C=O) groups is 1. The number of H-pyrrole nitrogens is 1. The predicted molar refractivity (Wildman–Crippen MR) is 72.9 cm³/mol. The maximum Gasteiger partial charge on any atom is 0.259 e. The number of nitrogens with two attached hydrogens (primary N) is 1. The first-order chi connectivity index (χ1) is 8.61. The van der Waals surface area contributed by atoms with Gasteiger partial charge in [-0.15, -0.1) is 0 Å². The van der Waals surface area contributed by atoms with Crippen molar-refractivity contribution in [2.45, 2.75) is 45.8 Å². The number of hydrogen-bond acceptors (Lipinski definition) is 4. The number of rotatable bonds is 1. The quantitative estimate of drug-likeness (QED) is 0.803. The first kappa shape index (κ1) is 13.9. The standard InChI is InChI=1S/C13H22N4O2/c1-8-9(10(14)16-15-8)11(18)17-6-12(2,3)19-13(4,5)7-17/h6-7H2,1-5H3,(H3,14,15,16). The van der Waals surface area contributed by atoms with Crippen molar-refractivity contribution >= 4 is 11.7 Å². The van der Waals surface area contributed by atoms with E-state index >= 15 is 0 Å². The molecule has 1 aromatic heterocycles. The number of aryl methyl sites for hydroxylation is 1. The molecule has 1 saturated heterocycles. The number of amides is 1. The van der Waals surface area contributed by atoms with Crippen LogP contribution in [0.5, 0.6) is 0 Å². The smallest absolute Gasteiger partial charge is 0.259 e. The molecule has 0 unspecified atom stereocenters. The maximum absolute atomic E-state index is 12.6. The van der Waals surface area contributed by atoms with Crippen molar-refractivity contribution in [2.75, 3.05) is 18.8 Å². The highest BCUT2D eigenvalue weighted by Gasteiger charge is 2.40. The summed E-state index contributed by atoms with van der Waals surface area (Å²) in [6.07, 6.45) is 0. The Balaban J connectivity index is 2.29. The van der Waals surface area contributed by atoms with E-state index in [0.717, 1.165) is 0 Å². The molecule has 0 bridgehead atoms. The maximum atomic E-state index is 12.6. The molecule has 106 valence electrons. The van der Waals surface area contributed by atoms with Crippen molar-refractivity contribution < 1.29 is 9.53 Å². The summed E-state index contributed by atoms with van der Waals surface area (Å²) >= 11 is 0. The zero-order valence-corrected chi connectivity index (χ0v) is 12.2.